The number of hydrogen-bond acceptors (Lipinski definition) is 2. The normalized spacial score (nSPS) is 33.5. The van der Waals surface area contributed by atoms with Crippen LogP contribution in [0.25, 0.3) is 0 Å². The van der Waals surface area contributed by atoms with Gasteiger partial charge < -0.3 is 9.64 Å². The molecule has 1 aliphatic heterocycles. The van der Waals surface area contributed by atoms with E-state index in [2.05, 4.69) is 48.7 Å². The topological polar surface area (TPSA) is 12.5 Å². The van der Waals surface area contributed by atoms with Gasteiger partial charge in [-0.05, 0) is 31.2 Å². The summed E-state index contributed by atoms with van der Waals surface area (Å²) < 4.78 is 5.65. The van der Waals surface area contributed by atoms with E-state index in [1.54, 1.807) is 0 Å². The third-order valence-corrected chi connectivity index (χ3v) is 5.06. The van der Waals surface area contributed by atoms with Crippen LogP contribution in [0, 0.1) is 5.92 Å². The predicted molar refractivity (Wildman–Crippen MR) is 78.0 cm³/mol. The van der Waals surface area contributed by atoms with Crippen LogP contribution in [0.2, 0.25) is 0 Å². The lowest BCUT2D eigenvalue weighted by atomic mass is 9.74. The molecule has 1 aliphatic carbocycles. The first-order chi connectivity index (χ1) is 9.15. The zero-order chi connectivity index (χ0) is 13.5. The fourth-order valence-electron chi connectivity index (χ4n) is 4.00. The van der Waals surface area contributed by atoms with Crippen molar-refractivity contribution < 1.29 is 4.74 Å². The lowest BCUT2D eigenvalue weighted by Gasteiger charge is -2.30. The molecular formula is C17H23NO. The first-order valence-electron chi connectivity index (χ1n) is 7.14. The summed E-state index contributed by atoms with van der Waals surface area (Å²) in [4.78, 5) is 2.45. The van der Waals surface area contributed by atoms with Crippen molar-refractivity contribution in [2.75, 3.05) is 20.2 Å². The molecule has 0 bridgehead atoms. The van der Waals surface area contributed by atoms with Crippen molar-refractivity contribution in [2.24, 2.45) is 5.92 Å². The molecule has 19 heavy (non-hydrogen) atoms. The van der Waals surface area contributed by atoms with Crippen LogP contribution >= 0.6 is 0 Å². The van der Waals surface area contributed by atoms with Crippen molar-refractivity contribution in [3.63, 3.8) is 0 Å². The SMILES string of the molecule is C=C(C)N1C[C@H]2C[C@@H](OC)C[C@@]2(c2ccccc2)C1. The molecule has 3 rings (SSSR count). The standard InChI is InChI=1S/C17H23NO/c1-13(2)18-11-15-9-16(19-3)10-17(15,12-18)14-7-5-4-6-8-14/h4-8,15-16H,1,9-12H2,2-3H3/t15-,16-,17+/m1/s1. The van der Waals surface area contributed by atoms with E-state index >= 15 is 0 Å². The summed E-state index contributed by atoms with van der Waals surface area (Å²) in [6.45, 7) is 8.46. The molecule has 0 N–H and O–H groups in total. The maximum Gasteiger partial charge on any atom is 0.0584 e. The van der Waals surface area contributed by atoms with E-state index in [0.29, 0.717) is 12.0 Å². The number of likely N-dealkylation sites (tertiary alicyclic amines) is 1. The van der Waals surface area contributed by atoms with Gasteiger partial charge >= 0.3 is 0 Å². The van der Waals surface area contributed by atoms with Gasteiger partial charge in [-0.3, -0.25) is 0 Å². The van der Waals surface area contributed by atoms with E-state index in [1.807, 2.05) is 7.11 Å². The van der Waals surface area contributed by atoms with E-state index < -0.39 is 0 Å². The van der Waals surface area contributed by atoms with Crippen LogP contribution < -0.4 is 0 Å². The van der Waals surface area contributed by atoms with Crippen LogP contribution in [-0.2, 0) is 10.2 Å². The number of rotatable bonds is 3. The first-order valence-corrected chi connectivity index (χ1v) is 7.14. The second kappa shape index (κ2) is 4.68. The molecule has 3 atom stereocenters. The number of ether oxygens (including phenoxy) is 1. The Labute approximate surface area is 116 Å². The number of allylic oxidation sites excluding steroid dienone is 1. The summed E-state index contributed by atoms with van der Waals surface area (Å²) >= 11 is 0. The quantitative estimate of drug-likeness (QED) is 0.824. The predicted octanol–water partition coefficient (Wildman–Crippen LogP) is 3.20. The van der Waals surface area contributed by atoms with E-state index in [1.165, 1.54) is 17.7 Å². The molecule has 2 nitrogen and oxygen atoms in total. The molecule has 1 aromatic carbocycles. The number of methoxy groups -OCH3 is 1. The van der Waals surface area contributed by atoms with E-state index in [9.17, 15) is 0 Å². The van der Waals surface area contributed by atoms with Crippen molar-refractivity contribution in [3.8, 4) is 0 Å². The molecule has 0 radical (unpaired) electrons. The van der Waals surface area contributed by atoms with Gasteiger partial charge in [0.15, 0.2) is 0 Å². The maximum atomic E-state index is 5.65. The lowest BCUT2D eigenvalue weighted by Crippen LogP contribution is -2.32. The third kappa shape index (κ3) is 1.99. The van der Waals surface area contributed by atoms with Crippen LogP contribution in [0.3, 0.4) is 0 Å². The van der Waals surface area contributed by atoms with E-state index in [-0.39, 0.29) is 5.41 Å². The Balaban J connectivity index is 1.96. The summed E-state index contributed by atoms with van der Waals surface area (Å²) in [6, 6.07) is 11.0. The smallest absolute Gasteiger partial charge is 0.0584 e. The average molecular weight is 257 g/mol. The van der Waals surface area contributed by atoms with Crippen LogP contribution in [0.1, 0.15) is 25.3 Å². The van der Waals surface area contributed by atoms with Gasteiger partial charge in [0.25, 0.3) is 0 Å². The minimum atomic E-state index is 0.265. The molecule has 2 fully saturated rings. The second-order valence-electron chi connectivity index (χ2n) is 6.13. The molecule has 0 unspecified atom stereocenters. The summed E-state index contributed by atoms with van der Waals surface area (Å²) in [5, 5.41) is 0. The number of hydrogen-bond donors (Lipinski definition) is 0. The van der Waals surface area contributed by atoms with Gasteiger partial charge in [0.2, 0.25) is 0 Å². The van der Waals surface area contributed by atoms with Crippen LogP contribution in [0.5, 0.6) is 0 Å². The van der Waals surface area contributed by atoms with Gasteiger partial charge in [-0.25, -0.2) is 0 Å². The number of nitrogens with zero attached hydrogens (tertiary/aromatic N) is 1. The third-order valence-electron chi connectivity index (χ3n) is 5.06. The molecule has 1 saturated carbocycles. The molecule has 0 spiro atoms. The average Bonchev–Trinajstić information content (AvgIpc) is 2.94. The number of fused-ring (bicyclic) bond motifs is 1. The van der Waals surface area contributed by atoms with Crippen molar-refractivity contribution in [1.29, 1.82) is 0 Å². The van der Waals surface area contributed by atoms with Gasteiger partial charge in [0.05, 0.1) is 6.10 Å². The molecule has 0 aromatic heterocycles. The van der Waals surface area contributed by atoms with Crippen molar-refractivity contribution in [2.45, 2.75) is 31.3 Å². The van der Waals surface area contributed by atoms with Crippen molar-refractivity contribution in [3.05, 3.63) is 48.2 Å². The Kier molecular flexibility index (Phi) is 3.14. The first kappa shape index (κ1) is 12.7. The zero-order valence-electron chi connectivity index (χ0n) is 11.9. The largest absolute Gasteiger partial charge is 0.381 e. The molecule has 0 amide bonds. The zero-order valence-corrected chi connectivity index (χ0v) is 11.9. The molecule has 2 aliphatic rings. The van der Waals surface area contributed by atoms with E-state index in [4.69, 9.17) is 4.74 Å². The number of benzene rings is 1. The lowest BCUT2D eigenvalue weighted by molar-refractivity contribution is 0.0964. The van der Waals surface area contributed by atoms with Crippen molar-refractivity contribution in [1.82, 2.24) is 4.90 Å². The van der Waals surface area contributed by atoms with E-state index in [0.717, 1.165) is 19.5 Å². The molecule has 1 aromatic rings. The van der Waals surface area contributed by atoms with Gasteiger partial charge in [-0.2, -0.15) is 0 Å². The maximum absolute atomic E-state index is 5.65. The van der Waals surface area contributed by atoms with Crippen LogP contribution in [0.15, 0.2) is 42.6 Å². The second-order valence-corrected chi connectivity index (χ2v) is 6.13. The fourth-order valence-corrected chi connectivity index (χ4v) is 4.00. The highest BCUT2D eigenvalue weighted by atomic mass is 16.5. The Bertz CT molecular complexity index is 469. The van der Waals surface area contributed by atoms with Crippen LogP contribution in [0.4, 0.5) is 0 Å². The minimum Gasteiger partial charge on any atom is -0.381 e. The monoisotopic (exact) mass is 257 g/mol. The molecule has 1 heterocycles. The Morgan fingerprint density at radius 1 is 1.37 bits per heavy atom. The van der Waals surface area contributed by atoms with Crippen LogP contribution in [-0.4, -0.2) is 31.2 Å². The van der Waals surface area contributed by atoms with Crippen molar-refractivity contribution >= 4 is 0 Å². The molecule has 2 heteroatoms. The van der Waals surface area contributed by atoms with Gasteiger partial charge in [-0.1, -0.05) is 36.9 Å². The Hall–Kier alpha value is -1.28. The molecule has 1 saturated heterocycles. The highest BCUT2D eigenvalue weighted by molar-refractivity contribution is 5.32. The highest BCUT2D eigenvalue weighted by Crippen LogP contribution is 2.51. The van der Waals surface area contributed by atoms with Gasteiger partial charge in [0, 0.05) is 31.3 Å². The summed E-state index contributed by atoms with van der Waals surface area (Å²) in [5.41, 5.74) is 2.93. The fraction of sp³-hybridized carbons (Fsp3) is 0.529. The highest BCUT2D eigenvalue weighted by Gasteiger charge is 2.53. The molecule has 102 valence electrons. The van der Waals surface area contributed by atoms with Gasteiger partial charge in [0.1, 0.15) is 0 Å². The molecular weight excluding hydrogens is 234 g/mol. The summed E-state index contributed by atoms with van der Waals surface area (Å²) in [6.07, 6.45) is 2.73. The Morgan fingerprint density at radius 3 is 2.74 bits per heavy atom. The Morgan fingerprint density at radius 2 is 2.11 bits per heavy atom. The summed E-state index contributed by atoms with van der Waals surface area (Å²) in [5.74, 6) is 0.691. The summed E-state index contributed by atoms with van der Waals surface area (Å²) in [7, 11) is 1.85. The minimum absolute atomic E-state index is 0.265. The van der Waals surface area contributed by atoms with Gasteiger partial charge in [-0.15, -0.1) is 0 Å².